The molecule has 108 valence electrons. The second kappa shape index (κ2) is 6.85. The SMILES string of the molecule is COCCCNc1nc(C)cc(Nc2cc(C)on2)n1. The normalized spacial score (nSPS) is 10.6. The third kappa shape index (κ3) is 4.20. The summed E-state index contributed by atoms with van der Waals surface area (Å²) >= 11 is 0. The lowest BCUT2D eigenvalue weighted by molar-refractivity contribution is 0.197. The predicted molar refractivity (Wildman–Crippen MR) is 76.3 cm³/mol. The Kier molecular flexibility index (Phi) is 4.89. The van der Waals surface area contributed by atoms with Gasteiger partial charge in [0.15, 0.2) is 5.82 Å². The minimum Gasteiger partial charge on any atom is -0.385 e. The van der Waals surface area contributed by atoms with Gasteiger partial charge in [-0.25, -0.2) is 4.98 Å². The van der Waals surface area contributed by atoms with Gasteiger partial charge >= 0.3 is 0 Å². The molecule has 0 radical (unpaired) electrons. The van der Waals surface area contributed by atoms with Crippen LogP contribution < -0.4 is 10.6 Å². The summed E-state index contributed by atoms with van der Waals surface area (Å²) in [6.07, 6.45) is 0.902. The number of hydrogen-bond acceptors (Lipinski definition) is 7. The van der Waals surface area contributed by atoms with E-state index >= 15 is 0 Å². The van der Waals surface area contributed by atoms with Crippen molar-refractivity contribution in [2.24, 2.45) is 0 Å². The smallest absolute Gasteiger partial charge is 0.224 e. The van der Waals surface area contributed by atoms with Crippen molar-refractivity contribution >= 4 is 17.6 Å². The van der Waals surface area contributed by atoms with Crippen LogP contribution in [0.4, 0.5) is 17.6 Å². The second-order valence-electron chi connectivity index (χ2n) is 4.44. The monoisotopic (exact) mass is 277 g/mol. The molecule has 2 heterocycles. The molecule has 0 aliphatic rings. The zero-order valence-corrected chi connectivity index (χ0v) is 11.9. The van der Waals surface area contributed by atoms with Gasteiger partial charge in [-0.05, 0) is 20.3 Å². The van der Waals surface area contributed by atoms with Crippen LogP contribution in [-0.4, -0.2) is 35.4 Å². The van der Waals surface area contributed by atoms with Gasteiger partial charge in [0.2, 0.25) is 5.95 Å². The molecular formula is C13H19N5O2. The van der Waals surface area contributed by atoms with Gasteiger partial charge < -0.3 is 19.9 Å². The van der Waals surface area contributed by atoms with Crippen molar-refractivity contribution in [2.45, 2.75) is 20.3 Å². The highest BCUT2D eigenvalue weighted by Gasteiger charge is 2.05. The van der Waals surface area contributed by atoms with Crippen LogP contribution in [0.5, 0.6) is 0 Å². The highest BCUT2D eigenvalue weighted by Crippen LogP contribution is 2.16. The van der Waals surface area contributed by atoms with Crippen molar-refractivity contribution in [1.29, 1.82) is 0 Å². The number of nitrogens with zero attached hydrogens (tertiary/aromatic N) is 3. The van der Waals surface area contributed by atoms with Crippen molar-refractivity contribution in [2.75, 3.05) is 30.9 Å². The first-order chi connectivity index (χ1) is 9.67. The summed E-state index contributed by atoms with van der Waals surface area (Å²) in [4.78, 5) is 8.71. The zero-order valence-electron chi connectivity index (χ0n) is 11.9. The standard InChI is InChI=1S/C13H19N5O2/c1-9-7-11(16-12-8-10(2)20-18-12)17-13(15-9)14-5-4-6-19-3/h7-8H,4-6H2,1-3H3,(H2,14,15,16,17,18). The third-order valence-corrected chi connectivity index (χ3v) is 2.55. The molecule has 0 saturated carbocycles. The molecule has 7 nitrogen and oxygen atoms in total. The maximum atomic E-state index is 5.00. The number of hydrogen-bond donors (Lipinski definition) is 2. The molecule has 7 heteroatoms. The van der Waals surface area contributed by atoms with E-state index < -0.39 is 0 Å². The molecular weight excluding hydrogens is 258 g/mol. The van der Waals surface area contributed by atoms with Gasteiger partial charge in [0.25, 0.3) is 0 Å². The largest absolute Gasteiger partial charge is 0.385 e. The summed E-state index contributed by atoms with van der Waals surface area (Å²) in [5.41, 5.74) is 0.872. The Balaban J connectivity index is 2.00. The highest BCUT2D eigenvalue weighted by molar-refractivity contribution is 5.53. The molecule has 0 fully saturated rings. The topological polar surface area (TPSA) is 85.1 Å². The summed E-state index contributed by atoms with van der Waals surface area (Å²) in [5, 5.41) is 10.1. The van der Waals surface area contributed by atoms with Crippen LogP contribution in [0.2, 0.25) is 0 Å². The molecule has 0 unspecified atom stereocenters. The Bertz CT molecular complexity index is 555. The van der Waals surface area contributed by atoms with E-state index in [9.17, 15) is 0 Å². The van der Waals surface area contributed by atoms with Crippen LogP contribution in [0.15, 0.2) is 16.7 Å². The number of aromatic nitrogens is 3. The quantitative estimate of drug-likeness (QED) is 0.751. The average Bonchev–Trinajstić information content (AvgIpc) is 2.79. The van der Waals surface area contributed by atoms with Gasteiger partial charge in [0.1, 0.15) is 11.6 Å². The van der Waals surface area contributed by atoms with Crippen LogP contribution >= 0.6 is 0 Å². The Morgan fingerprint density at radius 2 is 2.05 bits per heavy atom. The minimum atomic E-state index is 0.587. The van der Waals surface area contributed by atoms with Gasteiger partial charge in [-0.1, -0.05) is 5.16 Å². The van der Waals surface area contributed by atoms with Crippen LogP contribution in [0, 0.1) is 13.8 Å². The molecule has 0 aliphatic heterocycles. The predicted octanol–water partition coefficient (Wildman–Crippen LogP) is 2.27. The molecule has 2 N–H and O–H groups in total. The van der Waals surface area contributed by atoms with Crippen LogP contribution in [-0.2, 0) is 4.74 Å². The molecule has 0 atom stereocenters. The molecule has 2 aromatic rings. The fraction of sp³-hybridized carbons (Fsp3) is 0.462. The number of anilines is 3. The molecule has 2 rings (SSSR count). The molecule has 0 spiro atoms. The minimum absolute atomic E-state index is 0.587. The summed E-state index contributed by atoms with van der Waals surface area (Å²) in [6.45, 7) is 5.23. The van der Waals surface area contributed by atoms with Crippen LogP contribution in [0.25, 0.3) is 0 Å². The van der Waals surface area contributed by atoms with E-state index in [0.29, 0.717) is 24.2 Å². The summed E-state index contributed by atoms with van der Waals surface area (Å²) < 4.78 is 10.0. The maximum Gasteiger partial charge on any atom is 0.224 e. The lowest BCUT2D eigenvalue weighted by Gasteiger charge is -2.08. The number of ether oxygens (including phenoxy) is 1. The van der Waals surface area contributed by atoms with E-state index in [2.05, 4.69) is 25.8 Å². The maximum absolute atomic E-state index is 5.00. The van der Waals surface area contributed by atoms with E-state index in [1.165, 1.54) is 0 Å². The van der Waals surface area contributed by atoms with Crippen LogP contribution in [0.1, 0.15) is 17.9 Å². The molecule has 0 saturated heterocycles. The lowest BCUT2D eigenvalue weighted by atomic mass is 10.4. The Labute approximate surface area is 117 Å². The number of rotatable bonds is 7. The Morgan fingerprint density at radius 3 is 2.75 bits per heavy atom. The van der Waals surface area contributed by atoms with E-state index in [4.69, 9.17) is 9.26 Å². The van der Waals surface area contributed by atoms with Gasteiger partial charge in [0, 0.05) is 38.1 Å². The van der Waals surface area contributed by atoms with Gasteiger partial charge in [-0.15, -0.1) is 0 Å². The molecule has 0 bridgehead atoms. The average molecular weight is 277 g/mol. The Morgan fingerprint density at radius 1 is 1.20 bits per heavy atom. The Hall–Kier alpha value is -2.15. The summed E-state index contributed by atoms with van der Waals surface area (Å²) in [5.74, 6) is 2.64. The number of methoxy groups -OCH3 is 1. The molecule has 0 aliphatic carbocycles. The lowest BCUT2D eigenvalue weighted by Crippen LogP contribution is -2.09. The van der Waals surface area contributed by atoms with Gasteiger partial charge in [0.05, 0.1) is 0 Å². The van der Waals surface area contributed by atoms with Crippen LogP contribution in [0.3, 0.4) is 0 Å². The third-order valence-electron chi connectivity index (χ3n) is 2.55. The first-order valence-electron chi connectivity index (χ1n) is 6.46. The second-order valence-corrected chi connectivity index (χ2v) is 4.44. The van der Waals surface area contributed by atoms with E-state index in [1.54, 1.807) is 7.11 Å². The van der Waals surface area contributed by atoms with Gasteiger partial charge in [-0.2, -0.15) is 4.98 Å². The van der Waals surface area contributed by atoms with Crippen molar-refractivity contribution in [3.63, 3.8) is 0 Å². The van der Waals surface area contributed by atoms with Crippen molar-refractivity contribution in [3.8, 4) is 0 Å². The first-order valence-corrected chi connectivity index (χ1v) is 6.46. The molecule has 2 aromatic heterocycles. The van der Waals surface area contributed by atoms with Crippen molar-refractivity contribution in [3.05, 3.63) is 23.6 Å². The fourth-order valence-electron chi connectivity index (χ4n) is 1.68. The highest BCUT2D eigenvalue weighted by atomic mass is 16.5. The van der Waals surface area contributed by atoms with Gasteiger partial charge in [-0.3, -0.25) is 0 Å². The van der Waals surface area contributed by atoms with E-state index in [-0.39, 0.29) is 0 Å². The molecule has 0 aromatic carbocycles. The number of nitrogens with one attached hydrogen (secondary N) is 2. The number of aryl methyl sites for hydroxylation is 2. The van der Waals surface area contributed by atoms with Crippen molar-refractivity contribution in [1.82, 2.24) is 15.1 Å². The molecule has 20 heavy (non-hydrogen) atoms. The van der Waals surface area contributed by atoms with E-state index in [1.807, 2.05) is 26.0 Å². The fourth-order valence-corrected chi connectivity index (χ4v) is 1.68. The summed E-state index contributed by atoms with van der Waals surface area (Å²) in [6, 6.07) is 3.66. The van der Waals surface area contributed by atoms with E-state index in [0.717, 1.165) is 24.4 Å². The molecule has 0 amide bonds. The summed E-state index contributed by atoms with van der Waals surface area (Å²) in [7, 11) is 1.69. The van der Waals surface area contributed by atoms with Crippen molar-refractivity contribution < 1.29 is 9.26 Å². The first kappa shape index (κ1) is 14.3. The zero-order chi connectivity index (χ0) is 14.4.